The van der Waals surface area contributed by atoms with Crippen LogP contribution in [0.15, 0.2) is 152 Å². The molecule has 9 aromatic rings. The van der Waals surface area contributed by atoms with Crippen LogP contribution in [-0.4, -0.2) is 14.1 Å². The van der Waals surface area contributed by atoms with Gasteiger partial charge in [-0.2, -0.15) is 0 Å². The predicted octanol–water partition coefficient (Wildman–Crippen LogP) is 10.1. The highest BCUT2D eigenvalue weighted by atomic mass is 15.0. The third-order valence-electron chi connectivity index (χ3n) is 8.58. The minimum absolute atomic E-state index is 1.15. The van der Waals surface area contributed by atoms with Crippen LogP contribution in [0.1, 0.15) is 0 Å². The number of fused-ring (bicyclic) bond motifs is 7. The Morgan fingerprint density at radius 2 is 1.00 bits per heavy atom. The first-order valence-corrected chi connectivity index (χ1v) is 14.3. The van der Waals surface area contributed by atoms with Gasteiger partial charge in [-0.1, -0.05) is 78.9 Å². The Morgan fingerprint density at radius 1 is 0.381 bits per heavy atom. The van der Waals surface area contributed by atoms with Gasteiger partial charge >= 0.3 is 0 Å². The number of para-hydroxylation sites is 2. The molecule has 0 aliphatic carbocycles. The van der Waals surface area contributed by atoms with Crippen molar-refractivity contribution >= 4 is 54.4 Å². The molecule has 0 radical (unpaired) electrons. The number of pyridine rings is 1. The lowest BCUT2D eigenvalue weighted by atomic mass is 10.0. The summed E-state index contributed by atoms with van der Waals surface area (Å²) in [6.45, 7) is 0. The van der Waals surface area contributed by atoms with Crippen LogP contribution in [0.25, 0.3) is 76.9 Å². The standard InChI is InChI=1S/C39H25N3/c1-2-10-30(11-3-1)41-38-19-16-29(24-34(38)35-25-40-21-20-39(35)41)28-15-18-37-33(23-28)32-12-6-7-13-36(32)42(37)31-17-14-26-8-4-5-9-27(26)22-31/h1-25H. The highest BCUT2D eigenvalue weighted by molar-refractivity contribution is 6.12. The normalized spacial score (nSPS) is 11.8. The molecule has 0 spiro atoms. The summed E-state index contributed by atoms with van der Waals surface area (Å²) in [5.74, 6) is 0. The quantitative estimate of drug-likeness (QED) is 0.221. The van der Waals surface area contributed by atoms with E-state index >= 15 is 0 Å². The second kappa shape index (κ2) is 8.92. The van der Waals surface area contributed by atoms with Gasteiger partial charge in [0.15, 0.2) is 0 Å². The maximum absolute atomic E-state index is 4.48. The van der Waals surface area contributed by atoms with E-state index in [2.05, 4.69) is 154 Å². The van der Waals surface area contributed by atoms with E-state index in [1.165, 1.54) is 60.3 Å². The molecule has 0 atom stereocenters. The third-order valence-corrected chi connectivity index (χ3v) is 8.58. The first-order valence-electron chi connectivity index (χ1n) is 14.3. The molecule has 0 bridgehead atoms. The topological polar surface area (TPSA) is 22.8 Å². The number of nitrogens with zero attached hydrogens (tertiary/aromatic N) is 3. The van der Waals surface area contributed by atoms with Gasteiger partial charge in [-0.3, -0.25) is 4.98 Å². The van der Waals surface area contributed by atoms with Gasteiger partial charge in [-0.05, 0) is 82.6 Å². The Hall–Kier alpha value is -5.67. The molecule has 0 aliphatic rings. The Balaban J connectivity index is 1.26. The molecule has 3 heteroatoms. The average molecular weight is 536 g/mol. The molecular weight excluding hydrogens is 510 g/mol. The lowest BCUT2D eigenvalue weighted by molar-refractivity contribution is 1.17. The summed E-state index contributed by atoms with van der Waals surface area (Å²) in [6, 6.07) is 50.4. The minimum Gasteiger partial charge on any atom is -0.309 e. The van der Waals surface area contributed by atoms with Gasteiger partial charge in [-0.25, -0.2) is 0 Å². The van der Waals surface area contributed by atoms with Gasteiger partial charge in [0.05, 0.1) is 22.1 Å². The summed E-state index contributed by atoms with van der Waals surface area (Å²) in [6.07, 6.45) is 3.86. The van der Waals surface area contributed by atoms with E-state index in [1.807, 2.05) is 12.4 Å². The van der Waals surface area contributed by atoms with Crippen LogP contribution in [0.2, 0.25) is 0 Å². The van der Waals surface area contributed by atoms with Crippen molar-refractivity contribution in [3.05, 3.63) is 152 Å². The Morgan fingerprint density at radius 3 is 1.81 bits per heavy atom. The molecule has 0 amide bonds. The van der Waals surface area contributed by atoms with E-state index in [0.29, 0.717) is 0 Å². The maximum Gasteiger partial charge on any atom is 0.0571 e. The summed E-state index contributed by atoms with van der Waals surface area (Å²) in [7, 11) is 0. The zero-order valence-corrected chi connectivity index (χ0v) is 22.8. The van der Waals surface area contributed by atoms with Crippen LogP contribution in [0.5, 0.6) is 0 Å². The molecule has 0 fully saturated rings. The van der Waals surface area contributed by atoms with Gasteiger partial charge in [0.25, 0.3) is 0 Å². The Labute approximate surface area is 242 Å². The molecular formula is C39H25N3. The third kappa shape index (κ3) is 3.37. The van der Waals surface area contributed by atoms with Gasteiger partial charge in [0.1, 0.15) is 0 Å². The lowest BCUT2D eigenvalue weighted by Gasteiger charge is -2.10. The second-order valence-corrected chi connectivity index (χ2v) is 10.9. The van der Waals surface area contributed by atoms with E-state index in [-0.39, 0.29) is 0 Å². The SMILES string of the molecule is c1ccc(-n2c3ccncc3c3cc(-c4ccc5c(c4)c4ccccc4n5-c4ccc5ccccc5c4)ccc32)cc1. The van der Waals surface area contributed by atoms with Gasteiger partial charge in [0.2, 0.25) is 0 Å². The van der Waals surface area contributed by atoms with Crippen molar-refractivity contribution in [2.45, 2.75) is 0 Å². The van der Waals surface area contributed by atoms with E-state index in [0.717, 1.165) is 16.6 Å². The van der Waals surface area contributed by atoms with E-state index < -0.39 is 0 Å². The molecule has 42 heavy (non-hydrogen) atoms. The minimum atomic E-state index is 1.15. The van der Waals surface area contributed by atoms with E-state index in [9.17, 15) is 0 Å². The van der Waals surface area contributed by atoms with Crippen molar-refractivity contribution in [1.82, 2.24) is 14.1 Å². The molecule has 0 saturated heterocycles. The fourth-order valence-corrected chi connectivity index (χ4v) is 6.65. The zero-order valence-electron chi connectivity index (χ0n) is 22.8. The number of aromatic nitrogens is 3. The Bertz CT molecular complexity index is 2460. The lowest BCUT2D eigenvalue weighted by Crippen LogP contribution is -1.94. The molecule has 6 aromatic carbocycles. The first kappa shape index (κ1) is 23.1. The summed E-state index contributed by atoms with van der Waals surface area (Å²) in [4.78, 5) is 4.48. The molecule has 9 rings (SSSR count). The van der Waals surface area contributed by atoms with Crippen molar-refractivity contribution in [3.8, 4) is 22.5 Å². The highest BCUT2D eigenvalue weighted by Gasteiger charge is 2.16. The fourth-order valence-electron chi connectivity index (χ4n) is 6.65. The van der Waals surface area contributed by atoms with Crippen molar-refractivity contribution in [2.24, 2.45) is 0 Å². The van der Waals surface area contributed by atoms with Gasteiger partial charge < -0.3 is 9.13 Å². The molecule has 3 aromatic heterocycles. The zero-order chi connectivity index (χ0) is 27.6. The smallest absolute Gasteiger partial charge is 0.0571 e. The summed E-state index contributed by atoms with van der Waals surface area (Å²) >= 11 is 0. The first-order chi connectivity index (χ1) is 20.8. The molecule has 0 N–H and O–H groups in total. The van der Waals surface area contributed by atoms with Crippen LogP contribution in [0, 0.1) is 0 Å². The molecule has 196 valence electrons. The van der Waals surface area contributed by atoms with E-state index in [4.69, 9.17) is 0 Å². The molecule has 0 aliphatic heterocycles. The molecule has 0 unspecified atom stereocenters. The summed E-state index contributed by atoms with van der Waals surface area (Å²) < 4.78 is 4.72. The molecule has 3 heterocycles. The van der Waals surface area contributed by atoms with Crippen molar-refractivity contribution in [3.63, 3.8) is 0 Å². The fraction of sp³-hybridized carbons (Fsp3) is 0. The van der Waals surface area contributed by atoms with Crippen LogP contribution in [-0.2, 0) is 0 Å². The van der Waals surface area contributed by atoms with Crippen molar-refractivity contribution in [1.29, 1.82) is 0 Å². The largest absolute Gasteiger partial charge is 0.309 e. The van der Waals surface area contributed by atoms with Crippen molar-refractivity contribution in [2.75, 3.05) is 0 Å². The van der Waals surface area contributed by atoms with Crippen LogP contribution in [0.4, 0.5) is 0 Å². The van der Waals surface area contributed by atoms with Crippen molar-refractivity contribution < 1.29 is 0 Å². The second-order valence-electron chi connectivity index (χ2n) is 10.9. The summed E-state index contributed by atoms with van der Waals surface area (Å²) in [5.41, 5.74) is 9.50. The van der Waals surface area contributed by atoms with Crippen LogP contribution in [0.3, 0.4) is 0 Å². The van der Waals surface area contributed by atoms with Gasteiger partial charge in [-0.15, -0.1) is 0 Å². The molecule has 3 nitrogen and oxygen atoms in total. The number of rotatable bonds is 3. The average Bonchev–Trinajstić information content (AvgIpc) is 3.57. The number of hydrogen-bond donors (Lipinski definition) is 0. The summed E-state index contributed by atoms with van der Waals surface area (Å²) in [5, 5.41) is 7.38. The predicted molar refractivity (Wildman–Crippen MR) is 176 cm³/mol. The van der Waals surface area contributed by atoms with Gasteiger partial charge in [0, 0.05) is 45.3 Å². The van der Waals surface area contributed by atoms with Crippen LogP contribution >= 0.6 is 0 Å². The maximum atomic E-state index is 4.48. The van der Waals surface area contributed by atoms with Crippen LogP contribution < -0.4 is 0 Å². The highest BCUT2D eigenvalue weighted by Crippen LogP contribution is 2.38. The van der Waals surface area contributed by atoms with E-state index in [1.54, 1.807) is 0 Å². The monoisotopic (exact) mass is 535 g/mol. The number of benzene rings is 6. The number of hydrogen-bond acceptors (Lipinski definition) is 1. The Kier molecular flexibility index (Phi) is 4.90. The molecule has 0 saturated carbocycles.